The lowest BCUT2D eigenvalue weighted by atomic mass is 10.2. The third-order valence-electron chi connectivity index (χ3n) is 2.64. The number of nitro groups is 1. The second kappa shape index (κ2) is 5.80. The molecule has 0 aromatic carbocycles. The monoisotopic (exact) mass is 294 g/mol. The first-order valence-electron chi connectivity index (χ1n) is 5.82. The standard InChI is InChI=1S/C11H14N6O2S/c1-6-3-4-9(20-6)7(2)14-10-8(17(18)19)5-13-11(15-10)16-12/h3-5,7H,12H2,1-2H3,(H2,13,14,15,16). The zero-order chi connectivity index (χ0) is 14.7. The molecule has 0 saturated heterocycles. The molecule has 2 rings (SSSR count). The molecule has 0 aliphatic heterocycles. The summed E-state index contributed by atoms with van der Waals surface area (Å²) in [5.41, 5.74) is 2.08. The third-order valence-corrected chi connectivity index (χ3v) is 3.82. The summed E-state index contributed by atoms with van der Waals surface area (Å²) >= 11 is 1.62. The van der Waals surface area contributed by atoms with Gasteiger partial charge in [-0.1, -0.05) is 0 Å². The minimum atomic E-state index is -0.533. The molecule has 9 heteroatoms. The van der Waals surface area contributed by atoms with Crippen molar-refractivity contribution < 1.29 is 4.92 Å². The van der Waals surface area contributed by atoms with Crippen LogP contribution in [0.1, 0.15) is 22.7 Å². The van der Waals surface area contributed by atoms with E-state index in [1.165, 1.54) is 4.88 Å². The molecule has 2 heterocycles. The average molecular weight is 294 g/mol. The Balaban J connectivity index is 2.29. The van der Waals surface area contributed by atoms with E-state index in [0.717, 1.165) is 11.1 Å². The Kier molecular flexibility index (Phi) is 4.11. The van der Waals surface area contributed by atoms with Crippen molar-refractivity contribution in [1.82, 2.24) is 9.97 Å². The molecule has 1 unspecified atom stereocenters. The van der Waals surface area contributed by atoms with Gasteiger partial charge in [0.05, 0.1) is 11.0 Å². The summed E-state index contributed by atoms with van der Waals surface area (Å²) in [5.74, 6) is 5.47. The van der Waals surface area contributed by atoms with Crippen molar-refractivity contribution in [2.75, 3.05) is 10.7 Å². The highest BCUT2D eigenvalue weighted by molar-refractivity contribution is 7.12. The van der Waals surface area contributed by atoms with Gasteiger partial charge < -0.3 is 5.32 Å². The number of nitrogens with zero attached hydrogens (tertiary/aromatic N) is 3. The first-order valence-corrected chi connectivity index (χ1v) is 6.64. The molecule has 2 aromatic heterocycles. The number of aryl methyl sites for hydroxylation is 1. The van der Waals surface area contributed by atoms with E-state index in [1.54, 1.807) is 11.3 Å². The van der Waals surface area contributed by atoms with E-state index in [-0.39, 0.29) is 23.5 Å². The van der Waals surface area contributed by atoms with Crippen LogP contribution in [0.3, 0.4) is 0 Å². The van der Waals surface area contributed by atoms with Gasteiger partial charge in [-0.05, 0) is 26.0 Å². The number of hydrogen-bond acceptors (Lipinski definition) is 8. The van der Waals surface area contributed by atoms with E-state index in [4.69, 9.17) is 5.84 Å². The van der Waals surface area contributed by atoms with Gasteiger partial charge in [0.25, 0.3) is 0 Å². The normalized spacial score (nSPS) is 11.9. The Bertz CT molecular complexity index is 629. The lowest BCUT2D eigenvalue weighted by Gasteiger charge is -2.13. The molecule has 0 fully saturated rings. The predicted octanol–water partition coefficient (Wildman–Crippen LogP) is 2.21. The zero-order valence-corrected chi connectivity index (χ0v) is 11.8. The quantitative estimate of drug-likeness (QED) is 0.439. The number of nitrogen functional groups attached to an aromatic ring is 1. The molecule has 106 valence electrons. The van der Waals surface area contributed by atoms with E-state index < -0.39 is 4.92 Å². The molecule has 20 heavy (non-hydrogen) atoms. The summed E-state index contributed by atoms with van der Waals surface area (Å²) in [6, 6.07) is 3.87. The topological polar surface area (TPSA) is 119 Å². The van der Waals surface area contributed by atoms with Gasteiger partial charge in [-0.25, -0.2) is 10.8 Å². The van der Waals surface area contributed by atoms with Crippen LogP contribution in [0, 0.1) is 17.0 Å². The molecule has 0 amide bonds. The Morgan fingerprint density at radius 3 is 2.80 bits per heavy atom. The SMILES string of the molecule is Cc1ccc(C(C)Nc2nc(NN)ncc2[N+](=O)[O-])s1. The second-order valence-corrected chi connectivity index (χ2v) is 5.46. The molecule has 0 spiro atoms. The van der Waals surface area contributed by atoms with Crippen molar-refractivity contribution in [3.63, 3.8) is 0 Å². The molecule has 0 aliphatic rings. The Labute approximate surface area is 119 Å². The van der Waals surface area contributed by atoms with Gasteiger partial charge in [0.15, 0.2) is 0 Å². The summed E-state index contributed by atoms with van der Waals surface area (Å²) < 4.78 is 0. The minimum absolute atomic E-state index is 0.104. The molecular weight excluding hydrogens is 280 g/mol. The highest BCUT2D eigenvalue weighted by atomic mass is 32.1. The largest absolute Gasteiger partial charge is 0.357 e. The van der Waals surface area contributed by atoms with Gasteiger partial charge in [0.1, 0.15) is 6.20 Å². The minimum Gasteiger partial charge on any atom is -0.357 e. The lowest BCUT2D eigenvalue weighted by Crippen LogP contribution is -2.14. The maximum absolute atomic E-state index is 11.0. The smallest absolute Gasteiger partial charge is 0.329 e. The van der Waals surface area contributed by atoms with Crippen LogP contribution in [-0.4, -0.2) is 14.9 Å². The summed E-state index contributed by atoms with van der Waals surface area (Å²) in [5, 5.41) is 14.0. The van der Waals surface area contributed by atoms with Crippen LogP contribution < -0.4 is 16.6 Å². The number of anilines is 2. The van der Waals surface area contributed by atoms with Crippen molar-refractivity contribution >= 4 is 28.8 Å². The van der Waals surface area contributed by atoms with Crippen molar-refractivity contribution in [1.29, 1.82) is 0 Å². The van der Waals surface area contributed by atoms with Crippen LogP contribution in [0.15, 0.2) is 18.3 Å². The molecule has 0 saturated carbocycles. The fourth-order valence-electron chi connectivity index (χ4n) is 1.65. The van der Waals surface area contributed by atoms with Crippen LogP contribution in [0.25, 0.3) is 0 Å². The average Bonchev–Trinajstić information content (AvgIpc) is 2.85. The van der Waals surface area contributed by atoms with Gasteiger partial charge in [0, 0.05) is 9.75 Å². The highest BCUT2D eigenvalue weighted by Crippen LogP contribution is 2.29. The highest BCUT2D eigenvalue weighted by Gasteiger charge is 2.19. The van der Waals surface area contributed by atoms with Crippen LogP contribution in [0.4, 0.5) is 17.5 Å². The van der Waals surface area contributed by atoms with E-state index in [2.05, 4.69) is 20.7 Å². The number of nitrogens with one attached hydrogen (secondary N) is 2. The maximum Gasteiger partial charge on any atom is 0.329 e. The van der Waals surface area contributed by atoms with E-state index in [9.17, 15) is 10.1 Å². The number of aromatic nitrogens is 2. The fraction of sp³-hybridized carbons (Fsp3) is 0.273. The number of nitrogens with two attached hydrogens (primary N) is 1. The molecule has 0 radical (unpaired) electrons. The first-order chi connectivity index (χ1) is 9.51. The molecule has 2 aromatic rings. The molecule has 4 N–H and O–H groups in total. The van der Waals surface area contributed by atoms with Crippen molar-refractivity contribution in [2.24, 2.45) is 5.84 Å². The number of thiophene rings is 1. The van der Waals surface area contributed by atoms with Gasteiger partial charge in [0.2, 0.25) is 11.8 Å². The summed E-state index contributed by atoms with van der Waals surface area (Å²) in [7, 11) is 0. The number of hydrogen-bond donors (Lipinski definition) is 3. The van der Waals surface area contributed by atoms with Gasteiger partial charge in [-0.3, -0.25) is 15.5 Å². The Morgan fingerprint density at radius 2 is 2.25 bits per heavy atom. The van der Waals surface area contributed by atoms with Gasteiger partial charge in [-0.2, -0.15) is 4.98 Å². The summed E-state index contributed by atoms with van der Waals surface area (Å²) in [6.45, 7) is 3.91. The fourth-order valence-corrected chi connectivity index (χ4v) is 2.53. The van der Waals surface area contributed by atoms with E-state index in [1.807, 2.05) is 26.0 Å². The number of rotatable bonds is 5. The molecular formula is C11H14N6O2S. The molecule has 1 atom stereocenters. The van der Waals surface area contributed by atoms with Gasteiger partial charge in [-0.15, -0.1) is 11.3 Å². The Morgan fingerprint density at radius 1 is 1.50 bits per heavy atom. The first kappa shape index (κ1) is 14.2. The van der Waals surface area contributed by atoms with Crippen molar-refractivity contribution in [3.05, 3.63) is 38.2 Å². The van der Waals surface area contributed by atoms with E-state index >= 15 is 0 Å². The van der Waals surface area contributed by atoms with Crippen LogP contribution in [0.2, 0.25) is 0 Å². The Hall–Kier alpha value is -2.26. The predicted molar refractivity (Wildman–Crippen MR) is 77.6 cm³/mol. The molecule has 8 nitrogen and oxygen atoms in total. The molecule has 0 aliphatic carbocycles. The number of hydrazine groups is 1. The van der Waals surface area contributed by atoms with Crippen LogP contribution >= 0.6 is 11.3 Å². The van der Waals surface area contributed by atoms with Gasteiger partial charge >= 0.3 is 5.69 Å². The van der Waals surface area contributed by atoms with Crippen molar-refractivity contribution in [3.8, 4) is 0 Å². The maximum atomic E-state index is 11.0. The van der Waals surface area contributed by atoms with Crippen LogP contribution in [0.5, 0.6) is 0 Å². The summed E-state index contributed by atoms with van der Waals surface area (Å²) in [6.07, 6.45) is 1.12. The summed E-state index contributed by atoms with van der Waals surface area (Å²) in [4.78, 5) is 20.4. The van der Waals surface area contributed by atoms with Crippen LogP contribution in [-0.2, 0) is 0 Å². The third kappa shape index (κ3) is 3.00. The van der Waals surface area contributed by atoms with Crippen molar-refractivity contribution in [2.45, 2.75) is 19.9 Å². The second-order valence-electron chi connectivity index (χ2n) is 4.14. The lowest BCUT2D eigenvalue weighted by molar-refractivity contribution is -0.384. The van der Waals surface area contributed by atoms with E-state index in [0.29, 0.717) is 0 Å². The molecule has 0 bridgehead atoms. The zero-order valence-electron chi connectivity index (χ0n) is 11.0.